The standard InChI is InChI=1S/C23H25N3O3/c1-15-3-5-16(6-4-15)20-13-26(14-21(20)23(27)28)12-18-11-24-25-22(18)17-7-9-19(29-2)10-8-17/h3-11,20-21H,12-14H2,1-2H3,(H,24,25)(H,27,28)/t20-,21+/m1/s1. The number of carboxylic acids is 1. The lowest BCUT2D eigenvalue weighted by atomic mass is 9.89. The maximum absolute atomic E-state index is 11.9. The highest BCUT2D eigenvalue weighted by atomic mass is 16.5. The summed E-state index contributed by atoms with van der Waals surface area (Å²) in [5, 5.41) is 17.1. The number of benzene rings is 2. The van der Waals surface area contributed by atoms with Crippen LogP contribution in [0.15, 0.2) is 54.7 Å². The quantitative estimate of drug-likeness (QED) is 0.670. The van der Waals surface area contributed by atoms with Crippen LogP contribution < -0.4 is 4.74 Å². The van der Waals surface area contributed by atoms with Crippen LogP contribution in [-0.4, -0.2) is 46.4 Å². The minimum Gasteiger partial charge on any atom is -0.497 e. The van der Waals surface area contributed by atoms with E-state index in [9.17, 15) is 9.90 Å². The summed E-state index contributed by atoms with van der Waals surface area (Å²) in [7, 11) is 1.65. The van der Waals surface area contributed by atoms with Gasteiger partial charge in [0.25, 0.3) is 0 Å². The Morgan fingerprint density at radius 3 is 2.55 bits per heavy atom. The molecule has 0 spiro atoms. The van der Waals surface area contributed by atoms with Crippen LogP contribution in [0, 0.1) is 12.8 Å². The highest BCUT2D eigenvalue weighted by molar-refractivity contribution is 5.72. The molecule has 0 bridgehead atoms. The van der Waals surface area contributed by atoms with E-state index in [4.69, 9.17) is 4.74 Å². The SMILES string of the molecule is COc1ccc(-c2[nH]ncc2CN2C[C@H](C(=O)O)[C@@H](c3ccc(C)cc3)C2)cc1. The third kappa shape index (κ3) is 4.03. The Bertz CT molecular complexity index is 979. The molecule has 1 aromatic heterocycles. The van der Waals surface area contributed by atoms with Crippen LogP contribution in [0.3, 0.4) is 0 Å². The van der Waals surface area contributed by atoms with Gasteiger partial charge in [0.05, 0.1) is 24.9 Å². The number of rotatable bonds is 6. The first-order chi connectivity index (χ1) is 14.0. The Hall–Kier alpha value is -3.12. The van der Waals surface area contributed by atoms with E-state index in [1.165, 1.54) is 5.56 Å². The Labute approximate surface area is 170 Å². The van der Waals surface area contributed by atoms with Crippen molar-refractivity contribution in [1.29, 1.82) is 0 Å². The molecule has 1 fully saturated rings. The first-order valence-electron chi connectivity index (χ1n) is 9.73. The summed E-state index contributed by atoms with van der Waals surface area (Å²) < 4.78 is 5.23. The van der Waals surface area contributed by atoms with Crippen LogP contribution in [-0.2, 0) is 11.3 Å². The Morgan fingerprint density at radius 2 is 1.90 bits per heavy atom. The minimum absolute atomic E-state index is 0.00978. The topological polar surface area (TPSA) is 78.5 Å². The number of carboxylic acid groups (broad SMARTS) is 1. The molecule has 2 heterocycles. The van der Waals surface area contributed by atoms with E-state index in [0.29, 0.717) is 19.6 Å². The summed E-state index contributed by atoms with van der Waals surface area (Å²) in [5.41, 5.74) is 5.32. The third-order valence-corrected chi connectivity index (χ3v) is 5.71. The van der Waals surface area contributed by atoms with Gasteiger partial charge in [-0.2, -0.15) is 5.10 Å². The molecule has 2 atom stereocenters. The summed E-state index contributed by atoms with van der Waals surface area (Å²) in [6.07, 6.45) is 1.83. The van der Waals surface area contributed by atoms with Crippen molar-refractivity contribution in [3.05, 3.63) is 71.4 Å². The molecule has 4 rings (SSSR count). The van der Waals surface area contributed by atoms with E-state index in [-0.39, 0.29) is 5.92 Å². The van der Waals surface area contributed by atoms with Gasteiger partial charge in [-0.05, 0) is 36.8 Å². The van der Waals surface area contributed by atoms with Crippen molar-refractivity contribution in [2.75, 3.05) is 20.2 Å². The first kappa shape index (κ1) is 19.2. The zero-order chi connectivity index (χ0) is 20.4. The first-order valence-corrected chi connectivity index (χ1v) is 9.73. The fourth-order valence-corrected chi connectivity index (χ4v) is 4.10. The molecule has 6 heteroatoms. The molecule has 3 aromatic rings. The molecule has 0 aliphatic carbocycles. The molecule has 2 N–H and O–H groups in total. The van der Waals surface area contributed by atoms with Gasteiger partial charge in [-0.15, -0.1) is 0 Å². The number of carbonyl (C=O) groups is 1. The van der Waals surface area contributed by atoms with E-state index in [2.05, 4.69) is 39.4 Å². The lowest BCUT2D eigenvalue weighted by Crippen LogP contribution is -2.23. The number of aliphatic carboxylic acids is 1. The molecule has 6 nitrogen and oxygen atoms in total. The van der Waals surface area contributed by atoms with E-state index in [1.807, 2.05) is 37.4 Å². The molecule has 150 valence electrons. The number of H-pyrrole nitrogens is 1. The average Bonchev–Trinajstić information content (AvgIpc) is 3.36. The zero-order valence-electron chi connectivity index (χ0n) is 16.6. The van der Waals surface area contributed by atoms with Crippen molar-refractivity contribution in [2.45, 2.75) is 19.4 Å². The molecule has 1 aliphatic rings. The average molecular weight is 391 g/mol. The van der Waals surface area contributed by atoms with Crippen molar-refractivity contribution >= 4 is 5.97 Å². The van der Waals surface area contributed by atoms with Crippen LogP contribution in [0.5, 0.6) is 5.75 Å². The largest absolute Gasteiger partial charge is 0.497 e. The van der Waals surface area contributed by atoms with Gasteiger partial charge in [0.15, 0.2) is 0 Å². The van der Waals surface area contributed by atoms with Gasteiger partial charge in [-0.25, -0.2) is 0 Å². The van der Waals surface area contributed by atoms with Gasteiger partial charge in [0.2, 0.25) is 0 Å². The second-order valence-corrected chi connectivity index (χ2v) is 7.65. The molecule has 1 saturated heterocycles. The van der Waals surface area contributed by atoms with Crippen molar-refractivity contribution in [1.82, 2.24) is 15.1 Å². The number of nitrogens with zero attached hydrogens (tertiary/aromatic N) is 2. The highest BCUT2D eigenvalue weighted by Gasteiger charge is 2.38. The third-order valence-electron chi connectivity index (χ3n) is 5.71. The van der Waals surface area contributed by atoms with Gasteiger partial charge in [0.1, 0.15) is 5.75 Å². The van der Waals surface area contributed by atoms with Crippen LogP contribution in [0.2, 0.25) is 0 Å². The van der Waals surface area contributed by atoms with Crippen LogP contribution in [0.25, 0.3) is 11.3 Å². The van der Waals surface area contributed by atoms with E-state index in [0.717, 1.165) is 28.1 Å². The summed E-state index contributed by atoms with van der Waals surface area (Å²) >= 11 is 0. The normalized spacial score (nSPS) is 19.4. The lowest BCUT2D eigenvalue weighted by molar-refractivity contribution is -0.141. The minimum atomic E-state index is -0.736. The summed E-state index contributed by atoms with van der Waals surface area (Å²) in [6.45, 7) is 3.94. The number of methoxy groups -OCH3 is 1. The van der Waals surface area contributed by atoms with Gasteiger partial charge in [-0.3, -0.25) is 14.8 Å². The number of aryl methyl sites for hydroxylation is 1. The molecule has 2 aromatic carbocycles. The predicted octanol–water partition coefficient (Wildman–Crippen LogP) is 3.69. The fraction of sp³-hybridized carbons (Fsp3) is 0.304. The van der Waals surface area contributed by atoms with E-state index >= 15 is 0 Å². The van der Waals surface area contributed by atoms with Gasteiger partial charge in [-0.1, -0.05) is 29.8 Å². The van der Waals surface area contributed by atoms with Crippen molar-refractivity contribution in [3.63, 3.8) is 0 Å². The van der Waals surface area contributed by atoms with Gasteiger partial charge < -0.3 is 9.84 Å². The second-order valence-electron chi connectivity index (χ2n) is 7.65. The molecule has 29 heavy (non-hydrogen) atoms. The smallest absolute Gasteiger partial charge is 0.308 e. The van der Waals surface area contributed by atoms with E-state index in [1.54, 1.807) is 7.11 Å². The number of hydrogen-bond acceptors (Lipinski definition) is 4. The molecule has 0 saturated carbocycles. The monoisotopic (exact) mass is 391 g/mol. The molecular weight excluding hydrogens is 366 g/mol. The number of ether oxygens (including phenoxy) is 1. The predicted molar refractivity (Wildman–Crippen MR) is 111 cm³/mol. The molecule has 0 amide bonds. The van der Waals surface area contributed by atoms with Crippen LogP contribution in [0.1, 0.15) is 22.6 Å². The summed E-state index contributed by atoms with van der Waals surface area (Å²) in [4.78, 5) is 14.1. The van der Waals surface area contributed by atoms with Crippen LogP contribution >= 0.6 is 0 Å². The number of likely N-dealkylation sites (tertiary alicyclic amines) is 1. The Morgan fingerprint density at radius 1 is 1.17 bits per heavy atom. The molecule has 1 aliphatic heterocycles. The number of aromatic amines is 1. The number of hydrogen-bond donors (Lipinski definition) is 2. The maximum atomic E-state index is 11.9. The van der Waals surface area contributed by atoms with Crippen molar-refractivity contribution in [3.8, 4) is 17.0 Å². The molecular formula is C23H25N3O3. The zero-order valence-corrected chi connectivity index (χ0v) is 16.6. The lowest BCUT2D eigenvalue weighted by Gasteiger charge is -2.16. The summed E-state index contributed by atoms with van der Waals surface area (Å²) in [6, 6.07) is 16.0. The highest BCUT2D eigenvalue weighted by Crippen LogP contribution is 2.35. The second kappa shape index (κ2) is 8.09. The Balaban J connectivity index is 1.54. The number of nitrogens with one attached hydrogen (secondary N) is 1. The van der Waals surface area contributed by atoms with Crippen molar-refractivity contribution in [2.24, 2.45) is 5.92 Å². The van der Waals surface area contributed by atoms with Gasteiger partial charge >= 0.3 is 5.97 Å². The molecule has 0 unspecified atom stereocenters. The summed E-state index contributed by atoms with van der Waals surface area (Å²) in [5.74, 6) is -0.348. The van der Waals surface area contributed by atoms with Crippen molar-refractivity contribution < 1.29 is 14.6 Å². The van der Waals surface area contributed by atoms with E-state index < -0.39 is 11.9 Å². The number of aromatic nitrogens is 2. The fourth-order valence-electron chi connectivity index (χ4n) is 4.10. The Kier molecular flexibility index (Phi) is 5.36. The maximum Gasteiger partial charge on any atom is 0.308 e. The van der Waals surface area contributed by atoms with Gasteiger partial charge in [0, 0.05) is 36.7 Å². The van der Waals surface area contributed by atoms with Crippen LogP contribution in [0.4, 0.5) is 0 Å². The molecule has 0 radical (unpaired) electrons.